The zero-order valence-electron chi connectivity index (χ0n) is 35.5. The van der Waals surface area contributed by atoms with Crippen LogP contribution in [0.5, 0.6) is 0 Å². The SMILES string of the molecule is CC1(C)c2cc(-c3cc(-c4ccccc4)nc(-c4ccccc4)c3)ccc2-n2c3ccc4ccccc4c3c3cc(N(c4ccccc4)c4cccc5c4oc4ccccc45)cc1c32. The predicted octanol–water partition coefficient (Wildman–Crippen LogP) is 16.3. The number of benzene rings is 9. The van der Waals surface area contributed by atoms with Crippen LogP contribution in [0.25, 0.3) is 93.8 Å². The van der Waals surface area contributed by atoms with E-state index in [2.05, 4.69) is 230 Å². The van der Waals surface area contributed by atoms with Crippen LogP contribution in [0.4, 0.5) is 17.1 Å². The summed E-state index contributed by atoms with van der Waals surface area (Å²) in [5, 5.41) is 7.17. The predicted molar refractivity (Wildman–Crippen MR) is 266 cm³/mol. The van der Waals surface area contributed by atoms with Gasteiger partial charge in [-0.05, 0) is 99.8 Å². The third-order valence-electron chi connectivity index (χ3n) is 13.5. The summed E-state index contributed by atoms with van der Waals surface area (Å²) in [6.45, 7) is 4.80. The number of hydrogen-bond donors (Lipinski definition) is 0. The number of aromatic nitrogens is 2. The fourth-order valence-electron chi connectivity index (χ4n) is 10.4. The second-order valence-electron chi connectivity index (χ2n) is 17.5. The van der Waals surface area contributed by atoms with E-state index in [1.165, 1.54) is 49.4 Å². The Morgan fingerprint density at radius 2 is 1.12 bits per heavy atom. The molecule has 1 aliphatic heterocycles. The molecule has 302 valence electrons. The van der Waals surface area contributed by atoms with Gasteiger partial charge in [0.05, 0.1) is 33.8 Å². The van der Waals surface area contributed by atoms with E-state index in [0.717, 1.165) is 72.6 Å². The molecule has 0 atom stereocenters. The van der Waals surface area contributed by atoms with Crippen molar-refractivity contribution in [3.8, 4) is 39.3 Å². The van der Waals surface area contributed by atoms with Crippen molar-refractivity contribution in [1.82, 2.24) is 9.55 Å². The fraction of sp³-hybridized carbons (Fsp3) is 0.0500. The van der Waals surface area contributed by atoms with Crippen molar-refractivity contribution in [3.05, 3.63) is 223 Å². The summed E-state index contributed by atoms with van der Waals surface area (Å²) >= 11 is 0. The van der Waals surface area contributed by atoms with Crippen molar-refractivity contribution in [3.63, 3.8) is 0 Å². The summed E-state index contributed by atoms with van der Waals surface area (Å²) in [5.41, 5.74) is 17.1. The Kier molecular flexibility index (Phi) is 7.92. The minimum Gasteiger partial charge on any atom is -0.454 e. The van der Waals surface area contributed by atoms with Crippen LogP contribution >= 0.6 is 0 Å². The van der Waals surface area contributed by atoms with Gasteiger partial charge in [0, 0.05) is 49.5 Å². The molecular formula is C60H41N3O. The molecule has 0 spiro atoms. The molecule has 64 heavy (non-hydrogen) atoms. The van der Waals surface area contributed by atoms with Gasteiger partial charge in [-0.2, -0.15) is 0 Å². The van der Waals surface area contributed by atoms with Crippen molar-refractivity contribution in [2.24, 2.45) is 0 Å². The van der Waals surface area contributed by atoms with Gasteiger partial charge in [-0.15, -0.1) is 0 Å². The van der Waals surface area contributed by atoms with E-state index in [1.54, 1.807) is 0 Å². The first-order valence-electron chi connectivity index (χ1n) is 22.0. The van der Waals surface area contributed by atoms with Crippen molar-refractivity contribution < 1.29 is 4.42 Å². The molecule has 1 aliphatic rings. The highest BCUT2D eigenvalue weighted by Crippen LogP contribution is 2.53. The largest absolute Gasteiger partial charge is 0.454 e. The topological polar surface area (TPSA) is 34.2 Å². The summed E-state index contributed by atoms with van der Waals surface area (Å²) in [6, 6.07) is 76.5. The van der Waals surface area contributed by atoms with Crippen LogP contribution in [0.1, 0.15) is 25.0 Å². The molecule has 0 radical (unpaired) electrons. The normalized spacial score (nSPS) is 13.0. The Bertz CT molecular complexity index is 3750. The first-order chi connectivity index (χ1) is 31.5. The van der Waals surface area contributed by atoms with E-state index >= 15 is 0 Å². The number of pyridine rings is 1. The van der Waals surface area contributed by atoms with Crippen LogP contribution < -0.4 is 4.90 Å². The summed E-state index contributed by atoms with van der Waals surface area (Å²) in [4.78, 5) is 7.61. The summed E-state index contributed by atoms with van der Waals surface area (Å²) in [6.07, 6.45) is 0. The Labute approximate surface area is 370 Å². The standard InChI is InChI=1S/C60H41N3O/c1-60(2)49-33-41(42-34-51(39-18-6-3-7-19-39)61-52(35-42)40-20-8-4-9-21-40)30-31-53(49)63-54-32-29-38-17-12-13-24-45(38)57(54)48-36-44(37-50(60)58(48)63)62(43-22-10-5-11-23-43)55-27-16-26-47-46-25-14-15-28-56(46)64-59(47)55/h3-37H,1-2H3. The lowest BCUT2D eigenvalue weighted by molar-refractivity contribution is 0.630. The Morgan fingerprint density at radius 3 is 1.88 bits per heavy atom. The number of furan rings is 1. The first-order valence-corrected chi connectivity index (χ1v) is 22.0. The molecule has 0 N–H and O–H groups in total. The van der Waals surface area contributed by atoms with Crippen molar-refractivity contribution in [1.29, 1.82) is 0 Å². The van der Waals surface area contributed by atoms with Gasteiger partial charge in [0.2, 0.25) is 0 Å². The van der Waals surface area contributed by atoms with E-state index in [9.17, 15) is 0 Å². The molecule has 0 saturated carbocycles. The average molecular weight is 820 g/mol. The highest BCUT2D eigenvalue weighted by Gasteiger charge is 2.37. The van der Waals surface area contributed by atoms with E-state index in [-0.39, 0.29) is 0 Å². The van der Waals surface area contributed by atoms with Crippen molar-refractivity contribution >= 4 is 71.6 Å². The number of fused-ring (bicyclic) bond motifs is 10. The van der Waals surface area contributed by atoms with Crippen molar-refractivity contribution in [2.75, 3.05) is 4.90 Å². The molecule has 4 heterocycles. The van der Waals surface area contributed by atoms with Crippen LogP contribution in [-0.2, 0) is 5.41 Å². The molecule has 0 unspecified atom stereocenters. The fourth-order valence-corrected chi connectivity index (χ4v) is 10.4. The molecule has 4 nitrogen and oxygen atoms in total. The first kappa shape index (κ1) is 36.4. The molecule has 0 aliphatic carbocycles. The van der Waals surface area contributed by atoms with Gasteiger partial charge in [0.1, 0.15) is 5.58 Å². The smallest absolute Gasteiger partial charge is 0.159 e. The highest BCUT2D eigenvalue weighted by atomic mass is 16.3. The van der Waals surface area contributed by atoms with Crippen LogP contribution in [0.15, 0.2) is 217 Å². The second kappa shape index (κ2) is 13.9. The zero-order valence-corrected chi connectivity index (χ0v) is 35.5. The lowest BCUT2D eigenvalue weighted by Crippen LogP contribution is -2.27. The summed E-state index contributed by atoms with van der Waals surface area (Å²) < 4.78 is 9.29. The average Bonchev–Trinajstić information content (AvgIpc) is 3.91. The lowest BCUT2D eigenvalue weighted by atomic mass is 9.73. The molecule has 13 rings (SSSR count). The van der Waals surface area contributed by atoms with Gasteiger partial charge < -0.3 is 13.9 Å². The molecule has 0 saturated heterocycles. The van der Waals surface area contributed by atoms with Gasteiger partial charge in [-0.3, -0.25) is 0 Å². The van der Waals surface area contributed by atoms with Gasteiger partial charge >= 0.3 is 0 Å². The highest BCUT2D eigenvalue weighted by molar-refractivity contribution is 6.23. The minimum atomic E-state index is -0.398. The number of anilines is 3. The second-order valence-corrected chi connectivity index (χ2v) is 17.5. The quantitative estimate of drug-likeness (QED) is 0.168. The number of hydrogen-bond acceptors (Lipinski definition) is 3. The number of nitrogens with zero attached hydrogens (tertiary/aromatic N) is 3. The third kappa shape index (κ3) is 5.45. The zero-order chi connectivity index (χ0) is 42.5. The molecule has 4 heteroatoms. The Morgan fingerprint density at radius 1 is 0.469 bits per heavy atom. The van der Waals surface area contributed by atoms with Crippen LogP contribution in [-0.4, -0.2) is 9.55 Å². The molecule has 12 aromatic rings. The maximum absolute atomic E-state index is 6.76. The molecule has 3 aromatic heterocycles. The van der Waals surface area contributed by atoms with E-state index < -0.39 is 5.41 Å². The van der Waals surface area contributed by atoms with Crippen LogP contribution in [0.3, 0.4) is 0 Å². The van der Waals surface area contributed by atoms with Crippen LogP contribution in [0.2, 0.25) is 0 Å². The maximum Gasteiger partial charge on any atom is 0.159 e. The summed E-state index contributed by atoms with van der Waals surface area (Å²) in [7, 11) is 0. The van der Waals surface area contributed by atoms with E-state index in [1.807, 2.05) is 6.07 Å². The Hall–Kier alpha value is -8.21. The Balaban J connectivity index is 1.09. The number of para-hydroxylation sites is 3. The van der Waals surface area contributed by atoms with Gasteiger partial charge in [-0.25, -0.2) is 4.98 Å². The van der Waals surface area contributed by atoms with Crippen LogP contribution in [0, 0.1) is 0 Å². The molecule has 0 amide bonds. The van der Waals surface area contributed by atoms with Gasteiger partial charge in [0.15, 0.2) is 5.58 Å². The molecule has 9 aromatic carbocycles. The molecular weight excluding hydrogens is 779 g/mol. The lowest BCUT2D eigenvalue weighted by Gasteiger charge is -2.36. The minimum absolute atomic E-state index is 0.398. The van der Waals surface area contributed by atoms with E-state index in [0.29, 0.717) is 0 Å². The van der Waals surface area contributed by atoms with Gasteiger partial charge in [-0.1, -0.05) is 159 Å². The van der Waals surface area contributed by atoms with Gasteiger partial charge in [0.25, 0.3) is 0 Å². The van der Waals surface area contributed by atoms with E-state index in [4.69, 9.17) is 9.40 Å². The molecule has 0 fully saturated rings. The molecule has 0 bridgehead atoms. The number of rotatable bonds is 6. The maximum atomic E-state index is 6.76. The summed E-state index contributed by atoms with van der Waals surface area (Å²) in [5.74, 6) is 0. The monoisotopic (exact) mass is 819 g/mol. The van der Waals surface area contributed by atoms with Crippen molar-refractivity contribution in [2.45, 2.75) is 19.3 Å². The third-order valence-corrected chi connectivity index (χ3v) is 13.5.